The van der Waals surface area contributed by atoms with E-state index in [1.54, 1.807) is 42.5 Å². The molecule has 1 amide bonds. The molecule has 0 radical (unpaired) electrons. The molecule has 0 fully saturated rings. The fourth-order valence-corrected chi connectivity index (χ4v) is 3.82. The van der Waals surface area contributed by atoms with Crippen molar-refractivity contribution in [1.82, 2.24) is 15.5 Å². The Morgan fingerprint density at radius 2 is 1.93 bits per heavy atom. The van der Waals surface area contributed by atoms with E-state index in [1.165, 1.54) is 0 Å². The van der Waals surface area contributed by atoms with Gasteiger partial charge in [-0.2, -0.15) is 0 Å². The Morgan fingerprint density at radius 3 is 2.67 bits per heavy atom. The van der Waals surface area contributed by atoms with Gasteiger partial charge in [0.25, 0.3) is 5.91 Å². The van der Waals surface area contributed by atoms with Gasteiger partial charge in [0.05, 0.1) is 12.3 Å². The third-order valence-electron chi connectivity index (χ3n) is 3.70. The van der Waals surface area contributed by atoms with Crippen molar-refractivity contribution >= 4 is 27.3 Å². The third-order valence-corrected chi connectivity index (χ3v) is 5.46. The number of carbonyl (C=O) groups is 1. The topological polar surface area (TPSA) is 102 Å². The molecule has 0 bridgehead atoms. The molecule has 1 N–H and O–H groups in total. The molecule has 1 aromatic heterocycles. The molecule has 3 aromatic rings. The van der Waals surface area contributed by atoms with Gasteiger partial charge in [-0.1, -0.05) is 52.6 Å². The van der Waals surface area contributed by atoms with Gasteiger partial charge in [0.15, 0.2) is 0 Å². The molecule has 0 aliphatic rings. The molecule has 9 heteroatoms. The minimum Gasteiger partial charge on any atom is -0.411 e. The van der Waals surface area contributed by atoms with Crippen LogP contribution in [0.4, 0.5) is 0 Å². The van der Waals surface area contributed by atoms with Crippen LogP contribution >= 0.6 is 11.6 Å². The summed E-state index contributed by atoms with van der Waals surface area (Å²) in [6.07, 6.45) is 0. The lowest BCUT2D eigenvalue weighted by Crippen LogP contribution is -2.23. The van der Waals surface area contributed by atoms with Crippen LogP contribution < -0.4 is 5.32 Å². The standard InChI is InChI=1S/C18H16ClN3O4S/c1-12-5-4-7-13(9-12)17(23)20-10-16-21-22-18(26-16)27(24,25)11-14-6-2-3-8-15(14)19/h2-9H,10-11H2,1H3,(H,20,23). The lowest BCUT2D eigenvalue weighted by Gasteiger charge is -2.03. The van der Waals surface area contributed by atoms with E-state index in [1.807, 2.05) is 13.0 Å². The predicted octanol–water partition coefficient (Wildman–Crippen LogP) is 2.94. The smallest absolute Gasteiger partial charge is 0.335 e. The molecule has 0 aliphatic carbocycles. The first-order valence-corrected chi connectivity index (χ1v) is 10.0. The zero-order valence-electron chi connectivity index (χ0n) is 14.3. The average Bonchev–Trinajstić information content (AvgIpc) is 3.11. The summed E-state index contributed by atoms with van der Waals surface area (Å²) < 4.78 is 30.0. The van der Waals surface area contributed by atoms with E-state index in [-0.39, 0.29) is 24.1 Å². The highest BCUT2D eigenvalue weighted by molar-refractivity contribution is 7.90. The first-order valence-electron chi connectivity index (χ1n) is 7.98. The average molecular weight is 406 g/mol. The second-order valence-corrected chi connectivity index (χ2v) is 8.14. The number of halogens is 1. The van der Waals surface area contributed by atoms with Gasteiger partial charge in [-0.05, 0) is 30.7 Å². The zero-order chi connectivity index (χ0) is 19.4. The van der Waals surface area contributed by atoms with Gasteiger partial charge in [0.2, 0.25) is 15.7 Å². The number of carbonyl (C=O) groups excluding carboxylic acids is 1. The molecular formula is C18H16ClN3O4S. The first kappa shape index (κ1) is 19.1. The SMILES string of the molecule is Cc1cccc(C(=O)NCc2nnc(S(=O)(=O)Cc3ccccc3Cl)o2)c1. The molecule has 0 saturated carbocycles. The molecule has 0 unspecified atom stereocenters. The molecule has 0 atom stereocenters. The van der Waals surface area contributed by atoms with E-state index in [0.717, 1.165) is 5.56 Å². The number of aryl methyl sites for hydroxylation is 1. The maximum atomic E-state index is 12.4. The number of hydrogen-bond acceptors (Lipinski definition) is 6. The Morgan fingerprint density at radius 1 is 1.15 bits per heavy atom. The number of sulfone groups is 1. The van der Waals surface area contributed by atoms with Gasteiger partial charge >= 0.3 is 5.22 Å². The van der Waals surface area contributed by atoms with Crippen LogP contribution in [0.25, 0.3) is 0 Å². The van der Waals surface area contributed by atoms with Crippen LogP contribution in [0.2, 0.25) is 5.02 Å². The third kappa shape index (κ3) is 4.72. The van der Waals surface area contributed by atoms with E-state index in [9.17, 15) is 13.2 Å². The number of nitrogens with one attached hydrogen (secondary N) is 1. The van der Waals surface area contributed by atoms with Crippen molar-refractivity contribution < 1.29 is 17.6 Å². The van der Waals surface area contributed by atoms with Crippen LogP contribution in [-0.4, -0.2) is 24.5 Å². The van der Waals surface area contributed by atoms with Crippen molar-refractivity contribution in [3.05, 3.63) is 76.1 Å². The van der Waals surface area contributed by atoms with Gasteiger partial charge in [-0.15, -0.1) is 5.10 Å². The summed E-state index contributed by atoms with van der Waals surface area (Å²) in [7, 11) is -3.85. The monoisotopic (exact) mass is 405 g/mol. The van der Waals surface area contributed by atoms with Gasteiger partial charge in [0, 0.05) is 10.6 Å². The quantitative estimate of drug-likeness (QED) is 0.676. The lowest BCUT2D eigenvalue weighted by molar-refractivity contribution is 0.0946. The van der Waals surface area contributed by atoms with Crippen LogP contribution in [0.15, 0.2) is 58.2 Å². The van der Waals surface area contributed by atoms with Crippen LogP contribution in [0.3, 0.4) is 0 Å². The molecule has 2 aromatic carbocycles. The normalized spacial score (nSPS) is 11.3. The molecule has 7 nitrogen and oxygen atoms in total. The number of benzene rings is 2. The molecule has 1 heterocycles. The maximum Gasteiger partial charge on any atom is 0.335 e. The Hall–Kier alpha value is -2.71. The highest BCUT2D eigenvalue weighted by atomic mass is 35.5. The molecule has 0 aliphatic heterocycles. The summed E-state index contributed by atoms with van der Waals surface area (Å²) in [6.45, 7) is 1.80. The van der Waals surface area contributed by atoms with Gasteiger partial charge < -0.3 is 9.73 Å². The van der Waals surface area contributed by atoms with Crippen LogP contribution in [0.5, 0.6) is 0 Å². The molecule has 3 rings (SSSR count). The van der Waals surface area contributed by atoms with Crippen molar-refractivity contribution in [2.45, 2.75) is 24.4 Å². The molecule has 27 heavy (non-hydrogen) atoms. The first-order chi connectivity index (χ1) is 12.8. The summed E-state index contributed by atoms with van der Waals surface area (Å²) in [5.41, 5.74) is 1.88. The van der Waals surface area contributed by atoms with Crippen LogP contribution in [0.1, 0.15) is 27.4 Å². The highest BCUT2D eigenvalue weighted by Crippen LogP contribution is 2.21. The van der Waals surface area contributed by atoms with Gasteiger partial charge in [-0.25, -0.2) is 8.42 Å². The Balaban J connectivity index is 1.67. The molecule has 0 spiro atoms. The van der Waals surface area contributed by atoms with Gasteiger partial charge in [0.1, 0.15) is 0 Å². The van der Waals surface area contributed by atoms with E-state index in [0.29, 0.717) is 16.1 Å². The minimum atomic E-state index is -3.85. The van der Waals surface area contributed by atoms with Crippen molar-refractivity contribution in [2.75, 3.05) is 0 Å². The van der Waals surface area contributed by atoms with Crippen molar-refractivity contribution in [3.63, 3.8) is 0 Å². The van der Waals surface area contributed by atoms with Crippen molar-refractivity contribution in [2.24, 2.45) is 0 Å². The van der Waals surface area contributed by atoms with E-state index in [2.05, 4.69) is 15.5 Å². The number of hydrogen-bond donors (Lipinski definition) is 1. The largest absolute Gasteiger partial charge is 0.411 e. The van der Waals surface area contributed by atoms with Gasteiger partial charge in [-0.3, -0.25) is 4.79 Å². The maximum absolute atomic E-state index is 12.4. The highest BCUT2D eigenvalue weighted by Gasteiger charge is 2.24. The van der Waals surface area contributed by atoms with Crippen LogP contribution in [0, 0.1) is 6.92 Å². The Bertz CT molecular complexity index is 1080. The number of aromatic nitrogens is 2. The van der Waals surface area contributed by atoms with E-state index < -0.39 is 15.1 Å². The summed E-state index contributed by atoms with van der Waals surface area (Å²) in [5, 5.41) is 9.71. The fraction of sp³-hybridized carbons (Fsp3) is 0.167. The Kier molecular flexibility index (Phi) is 5.57. The van der Waals surface area contributed by atoms with E-state index in [4.69, 9.17) is 16.0 Å². The van der Waals surface area contributed by atoms with Crippen molar-refractivity contribution in [1.29, 1.82) is 0 Å². The number of rotatable bonds is 6. The molecule has 0 saturated heterocycles. The Labute approximate surface area is 161 Å². The molecular weight excluding hydrogens is 390 g/mol. The number of amides is 1. The zero-order valence-corrected chi connectivity index (χ0v) is 15.9. The van der Waals surface area contributed by atoms with Crippen molar-refractivity contribution in [3.8, 4) is 0 Å². The summed E-state index contributed by atoms with van der Waals surface area (Å²) in [5.74, 6) is -0.685. The number of nitrogens with zero attached hydrogens (tertiary/aromatic N) is 2. The summed E-state index contributed by atoms with van der Waals surface area (Å²) in [6, 6.07) is 13.7. The van der Waals surface area contributed by atoms with Crippen LogP contribution in [-0.2, 0) is 22.1 Å². The predicted molar refractivity (Wildman–Crippen MR) is 99.0 cm³/mol. The second-order valence-electron chi connectivity index (χ2n) is 5.86. The second kappa shape index (κ2) is 7.89. The summed E-state index contributed by atoms with van der Waals surface area (Å²) >= 11 is 6.00. The van der Waals surface area contributed by atoms with E-state index >= 15 is 0 Å². The fourth-order valence-electron chi connectivity index (χ4n) is 2.36. The summed E-state index contributed by atoms with van der Waals surface area (Å²) in [4.78, 5) is 12.1. The minimum absolute atomic E-state index is 0.00580. The lowest BCUT2D eigenvalue weighted by atomic mass is 10.1. The molecule has 140 valence electrons.